The minimum atomic E-state index is -2.99. The predicted octanol–water partition coefficient (Wildman–Crippen LogP) is 1.56. The van der Waals surface area contributed by atoms with Crippen molar-refractivity contribution in [3.63, 3.8) is 0 Å². The Morgan fingerprint density at radius 3 is 2.58 bits per heavy atom. The first-order valence-corrected chi connectivity index (χ1v) is 4.34. The van der Waals surface area contributed by atoms with Crippen LogP contribution in [0.4, 0.5) is 0 Å². The van der Waals surface area contributed by atoms with Gasteiger partial charge in [0.25, 0.3) is 0 Å². The second-order valence-corrected chi connectivity index (χ2v) is 2.47. The molecule has 0 aromatic carbocycles. The number of hydrogen-bond donors (Lipinski definition) is 0. The number of carbonyl (C=O) groups excluding carboxylic acids is 1. The molecule has 0 saturated heterocycles. The maximum atomic E-state index is 10.5. The molecule has 0 fully saturated rings. The minimum Gasteiger partial charge on any atom is -0.432 e. The van der Waals surface area contributed by atoms with Gasteiger partial charge in [0.15, 0.2) is 0 Å². The second-order valence-electron chi connectivity index (χ2n) is 1.81. The van der Waals surface area contributed by atoms with E-state index in [1.807, 2.05) is 0 Å². The van der Waals surface area contributed by atoms with Gasteiger partial charge in [-0.25, -0.2) is 18.4 Å². The van der Waals surface area contributed by atoms with Gasteiger partial charge < -0.3 is 4.74 Å². The van der Waals surface area contributed by atoms with Gasteiger partial charge in [-0.15, -0.1) is 0 Å². The highest BCUT2D eigenvalue weighted by Gasteiger charge is 2.12. The molecule has 6 heteroatoms. The number of carbonyl (C=O) groups is 1. The highest BCUT2D eigenvalue weighted by molar-refractivity contribution is 7.24. The quantitative estimate of drug-likeness (QED) is 0.286. The largest absolute Gasteiger partial charge is 0.471 e. The molecule has 1 unspecified atom stereocenters. The van der Waals surface area contributed by atoms with Crippen LogP contribution < -0.4 is 0 Å². The summed E-state index contributed by atoms with van der Waals surface area (Å²) in [6.07, 6.45) is 0.156. The first kappa shape index (κ1) is 11.1. The van der Waals surface area contributed by atoms with Crippen LogP contribution in [0.2, 0.25) is 0 Å². The summed E-state index contributed by atoms with van der Waals surface area (Å²) in [6.45, 7) is 4.77. The van der Waals surface area contributed by atoms with Crippen LogP contribution >= 0.6 is 7.91 Å². The van der Waals surface area contributed by atoms with Crippen LogP contribution in [0, 0.1) is 0 Å². The molecule has 0 N–H and O–H groups in total. The van der Waals surface area contributed by atoms with Gasteiger partial charge in [0, 0.05) is 12.5 Å². The van der Waals surface area contributed by atoms with Gasteiger partial charge in [0.2, 0.25) is 6.29 Å². The van der Waals surface area contributed by atoms with E-state index in [4.69, 9.17) is 0 Å². The van der Waals surface area contributed by atoms with Crippen molar-refractivity contribution in [2.45, 2.75) is 19.6 Å². The van der Waals surface area contributed by atoms with Crippen LogP contribution in [0.3, 0.4) is 0 Å². The summed E-state index contributed by atoms with van der Waals surface area (Å²) in [5.74, 6) is -0.710. The fourth-order valence-electron chi connectivity index (χ4n) is 0.453. The lowest BCUT2D eigenvalue weighted by atomic mass is 10.5. The molecule has 0 radical (unpaired) electrons. The van der Waals surface area contributed by atoms with E-state index in [0.717, 1.165) is 6.08 Å². The average Bonchev–Trinajstić information content (AvgIpc) is 2.02. The van der Waals surface area contributed by atoms with Crippen molar-refractivity contribution >= 4 is 13.9 Å². The van der Waals surface area contributed by atoms with Gasteiger partial charge in [0.1, 0.15) is 0 Å². The van der Waals surface area contributed by atoms with E-state index >= 15 is 0 Å². The normalized spacial score (nSPS) is 11.8. The zero-order valence-corrected chi connectivity index (χ0v) is 7.45. The topological polar surface area (TPSA) is 69.7 Å². The van der Waals surface area contributed by atoms with Gasteiger partial charge >= 0.3 is 13.9 Å². The average molecular weight is 192 g/mol. The third-order valence-corrected chi connectivity index (χ3v) is 1.36. The van der Waals surface area contributed by atoms with E-state index in [2.05, 4.69) is 15.8 Å². The number of ether oxygens (including phenoxy) is 1. The lowest BCUT2D eigenvalue weighted by Crippen LogP contribution is -2.15. The smallest absolute Gasteiger partial charge is 0.432 e. The standard InChI is InChI=1S/C6H9O5P/c1-3-5(7)10-6(4-2)11-12(8)9/h3,6H,1,4H2,2H3. The first-order chi connectivity index (χ1) is 5.60. The van der Waals surface area contributed by atoms with E-state index in [9.17, 15) is 13.9 Å². The molecule has 0 heterocycles. The molecule has 5 nitrogen and oxygen atoms in total. The van der Waals surface area contributed by atoms with Crippen LogP contribution in [0.5, 0.6) is 0 Å². The Morgan fingerprint density at radius 2 is 2.25 bits per heavy atom. The summed E-state index contributed by atoms with van der Waals surface area (Å²) in [4.78, 5) is 10.5. The number of esters is 1. The highest BCUT2D eigenvalue weighted by atomic mass is 31.1. The van der Waals surface area contributed by atoms with Crippen molar-refractivity contribution in [1.29, 1.82) is 0 Å². The monoisotopic (exact) mass is 192 g/mol. The first-order valence-electron chi connectivity index (χ1n) is 3.24. The molecule has 0 saturated carbocycles. The summed E-state index contributed by atoms with van der Waals surface area (Å²) < 4.78 is 28.8. The molecule has 0 bridgehead atoms. The molecular formula is C6H9O5P. The summed E-state index contributed by atoms with van der Waals surface area (Å²) >= 11 is 0. The Bertz CT molecular complexity index is 224. The van der Waals surface area contributed by atoms with Gasteiger partial charge in [-0.3, -0.25) is 0 Å². The van der Waals surface area contributed by atoms with Crippen LogP contribution in [-0.2, 0) is 23.2 Å². The molecule has 0 spiro atoms. The van der Waals surface area contributed by atoms with Crippen molar-refractivity contribution < 1.29 is 23.2 Å². The molecule has 1 atom stereocenters. The summed E-state index contributed by atoms with van der Waals surface area (Å²) in [6, 6.07) is 0. The van der Waals surface area contributed by atoms with Gasteiger partial charge in [-0.05, 0) is 0 Å². The SMILES string of the molecule is C=CC(=O)OC(CC)OP(=O)=O. The third-order valence-electron chi connectivity index (χ3n) is 0.951. The number of hydrogen-bond acceptors (Lipinski definition) is 5. The zero-order valence-electron chi connectivity index (χ0n) is 6.56. The Balaban J connectivity index is 3.98. The molecule has 68 valence electrons. The van der Waals surface area contributed by atoms with Crippen LogP contribution in [0.15, 0.2) is 12.7 Å². The molecule has 0 aromatic heterocycles. The lowest BCUT2D eigenvalue weighted by Gasteiger charge is -2.09. The molecule has 0 aliphatic carbocycles. The van der Waals surface area contributed by atoms with Crippen LogP contribution in [0.1, 0.15) is 13.3 Å². The van der Waals surface area contributed by atoms with E-state index in [-0.39, 0.29) is 6.42 Å². The van der Waals surface area contributed by atoms with Crippen molar-refractivity contribution in [3.05, 3.63) is 12.7 Å². The fraction of sp³-hybridized carbons (Fsp3) is 0.500. The zero-order chi connectivity index (χ0) is 9.56. The number of rotatable bonds is 5. The van der Waals surface area contributed by atoms with E-state index in [0.29, 0.717) is 0 Å². The lowest BCUT2D eigenvalue weighted by molar-refractivity contribution is -0.157. The molecule has 0 rings (SSSR count). The van der Waals surface area contributed by atoms with Gasteiger partial charge in [-0.1, -0.05) is 13.5 Å². The second kappa shape index (κ2) is 5.69. The molecular weight excluding hydrogens is 183 g/mol. The molecule has 0 amide bonds. The highest BCUT2D eigenvalue weighted by Crippen LogP contribution is 2.13. The summed E-state index contributed by atoms with van der Waals surface area (Å²) in [7, 11) is -2.99. The minimum absolute atomic E-state index is 0.267. The van der Waals surface area contributed by atoms with E-state index in [1.54, 1.807) is 6.92 Å². The van der Waals surface area contributed by atoms with Crippen LogP contribution in [0.25, 0.3) is 0 Å². The van der Waals surface area contributed by atoms with Crippen molar-refractivity contribution in [3.8, 4) is 0 Å². The van der Waals surface area contributed by atoms with Crippen molar-refractivity contribution in [1.82, 2.24) is 0 Å². The molecule has 0 aromatic rings. The third kappa shape index (κ3) is 4.82. The molecule has 12 heavy (non-hydrogen) atoms. The predicted molar refractivity (Wildman–Crippen MR) is 39.7 cm³/mol. The van der Waals surface area contributed by atoms with Gasteiger partial charge in [0.05, 0.1) is 0 Å². The van der Waals surface area contributed by atoms with Crippen molar-refractivity contribution in [2.75, 3.05) is 0 Å². The van der Waals surface area contributed by atoms with Gasteiger partial charge in [-0.2, -0.15) is 0 Å². The summed E-state index contributed by atoms with van der Waals surface area (Å²) in [5.41, 5.74) is 0. The van der Waals surface area contributed by atoms with E-state index < -0.39 is 20.2 Å². The van der Waals surface area contributed by atoms with E-state index in [1.165, 1.54) is 0 Å². The maximum absolute atomic E-state index is 10.5. The van der Waals surface area contributed by atoms with Crippen LogP contribution in [-0.4, -0.2) is 12.3 Å². The molecule has 0 aliphatic heterocycles. The summed E-state index contributed by atoms with van der Waals surface area (Å²) in [5, 5.41) is 0. The fourth-order valence-corrected chi connectivity index (χ4v) is 0.837. The Hall–Kier alpha value is -0.930. The maximum Gasteiger partial charge on any atom is 0.471 e. The Morgan fingerprint density at radius 1 is 1.67 bits per heavy atom. The molecule has 0 aliphatic rings. The van der Waals surface area contributed by atoms with Crippen molar-refractivity contribution in [2.24, 2.45) is 0 Å². The Kier molecular flexibility index (Phi) is 5.25. The Labute approximate surface area is 70.3 Å².